The highest BCUT2D eigenvalue weighted by Gasteiger charge is 2.10. The lowest BCUT2D eigenvalue weighted by Gasteiger charge is -2.10. The summed E-state index contributed by atoms with van der Waals surface area (Å²) in [6.07, 6.45) is 0. The van der Waals surface area contributed by atoms with Crippen molar-refractivity contribution in [1.29, 1.82) is 0 Å². The SMILES string of the molecule is Cc1cc(C)c(CSC2=NCCS2)c(C)c1.Cl. The van der Waals surface area contributed by atoms with Gasteiger partial charge in [-0.25, -0.2) is 0 Å². The smallest absolute Gasteiger partial charge is 0.124 e. The zero-order chi connectivity index (χ0) is 11.5. The number of thioether (sulfide) groups is 2. The Morgan fingerprint density at radius 1 is 1.24 bits per heavy atom. The number of nitrogens with zero attached hydrogens (tertiary/aromatic N) is 1. The molecule has 0 spiro atoms. The minimum absolute atomic E-state index is 0. The number of aliphatic imine (C=N–C) groups is 1. The van der Waals surface area contributed by atoms with E-state index in [1.807, 2.05) is 23.5 Å². The van der Waals surface area contributed by atoms with E-state index in [-0.39, 0.29) is 12.4 Å². The van der Waals surface area contributed by atoms with Crippen molar-refractivity contribution in [2.24, 2.45) is 4.99 Å². The Bertz CT molecular complexity index is 406. The largest absolute Gasteiger partial charge is 0.271 e. The number of hydrogen-bond donors (Lipinski definition) is 0. The Hall–Kier alpha value is -0.120. The first-order chi connectivity index (χ1) is 7.66. The summed E-state index contributed by atoms with van der Waals surface area (Å²) in [4.78, 5) is 4.47. The molecule has 0 N–H and O–H groups in total. The maximum Gasteiger partial charge on any atom is 0.124 e. The monoisotopic (exact) mass is 287 g/mol. The summed E-state index contributed by atoms with van der Waals surface area (Å²) >= 11 is 3.77. The van der Waals surface area contributed by atoms with Crippen LogP contribution in [0.2, 0.25) is 0 Å². The van der Waals surface area contributed by atoms with Gasteiger partial charge in [-0.15, -0.1) is 12.4 Å². The Kier molecular flexibility index (Phi) is 5.90. The lowest BCUT2D eigenvalue weighted by atomic mass is 10.0. The molecule has 0 aromatic heterocycles. The van der Waals surface area contributed by atoms with Crippen LogP contribution in [0, 0.1) is 20.8 Å². The third kappa shape index (κ3) is 3.94. The van der Waals surface area contributed by atoms with Crippen molar-refractivity contribution in [3.8, 4) is 0 Å². The highest BCUT2D eigenvalue weighted by Crippen LogP contribution is 2.28. The van der Waals surface area contributed by atoms with Gasteiger partial charge in [0.05, 0.1) is 6.54 Å². The second-order valence-electron chi connectivity index (χ2n) is 4.16. The molecule has 1 aromatic rings. The maximum absolute atomic E-state index is 4.47. The van der Waals surface area contributed by atoms with E-state index < -0.39 is 0 Å². The minimum atomic E-state index is 0. The van der Waals surface area contributed by atoms with E-state index in [4.69, 9.17) is 0 Å². The first-order valence-corrected chi connectivity index (χ1v) is 7.50. The molecule has 0 unspecified atom stereocenters. The molecular formula is C13H18ClNS2. The molecule has 1 nitrogen and oxygen atoms in total. The van der Waals surface area contributed by atoms with Crippen LogP contribution in [0.15, 0.2) is 17.1 Å². The second kappa shape index (κ2) is 6.72. The van der Waals surface area contributed by atoms with Gasteiger partial charge in [0.25, 0.3) is 0 Å². The van der Waals surface area contributed by atoms with Crippen molar-refractivity contribution >= 4 is 40.3 Å². The fourth-order valence-electron chi connectivity index (χ4n) is 1.97. The van der Waals surface area contributed by atoms with Gasteiger partial charge in [0.1, 0.15) is 4.38 Å². The predicted octanol–water partition coefficient (Wildman–Crippen LogP) is 4.37. The summed E-state index contributed by atoms with van der Waals surface area (Å²) in [5.41, 5.74) is 5.66. The average molecular weight is 288 g/mol. The highest BCUT2D eigenvalue weighted by atomic mass is 35.5. The zero-order valence-electron chi connectivity index (χ0n) is 10.4. The van der Waals surface area contributed by atoms with Gasteiger partial charge in [0.15, 0.2) is 0 Å². The van der Waals surface area contributed by atoms with Crippen LogP contribution in [0.5, 0.6) is 0 Å². The standard InChI is InChI=1S/C13H17NS2.ClH/c1-9-6-10(2)12(11(3)7-9)8-16-13-14-4-5-15-13;/h6-7H,4-5,8H2,1-3H3;1H. The molecule has 0 aliphatic carbocycles. The molecule has 1 aliphatic rings. The summed E-state index contributed by atoms with van der Waals surface area (Å²) in [5, 5.41) is 0. The fraction of sp³-hybridized carbons (Fsp3) is 0.462. The first kappa shape index (κ1) is 14.9. The van der Waals surface area contributed by atoms with Crippen LogP contribution in [-0.2, 0) is 5.75 Å². The van der Waals surface area contributed by atoms with Gasteiger partial charge < -0.3 is 0 Å². The Morgan fingerprint density at radius 2 is 1.88 bits per heavy atom. The molecule has 1 aliphatic heterocycles. The van der Waals surface area contributed by atoms with Crippen LogP contribution in [0.3, 0.4) is 0 Å². The lowest BCUT2D eigenvalue weighted by Crippen LogP contribution is -1.94. The van der Waals surface area contributed by atoms with Gasteiger partial charge in [-0.3, -0.25) is 4.99 Å². The Balaban J connectivity index is 0.00000144. The number of hydrogen-bond acceptors (Lipinski definition) is 3. The van der Waals surface area contributed by atoms with E-state index in [9.17, 15) is 0 Å². The first-order valence-electron chi connectivity index (χ1n) is 5.53. The summed E-state index contributed by atoms with van der Waals surface area (Å²) in [6, 6.07) is 4.54. The number of rotatable bonds is 2. The quantitative estimate of drug-likeness (QED) is 0.801. The molecule has 0 saturated carbocycles. The summed E-state index contributed by atoms with van der Waals surface area (Å²) in [7, 11) is 0. The van der Waals surface area contributed by atoms with E-state index in [0.29, 0.717) is 0 Å². The van der Waals surface area contributed by atoms with Gasteiger partial charge in [0.2, 0.25) is 0 Å². The highest BCUT2D eigenvalue weighted by molar-refractivity contribution is 8.38. The van der Waals surface area contributed by atoms with Crippen LogP contribution >= 0.6 is 35.9 Å². The van der Waals surface area contributed by atoms with E-state index in [2.05, 4.69) is 37.9 Å². The second-order valence-corrected chi connectivity index (χ2v) is 6.47. The normalized spacial score (nSPS) is 14.4. The molecule has 4 heteroatoms. The van der Waals surface area contributed by atoms with Crippen LogP contribution in [0.25, 0.3) is 0 Å². The molecule has 1 heterocycles. The summed E-state index contributed by atoms with van der Waals surface area (Å²) in [5.74, 6) is 2.22. The van der Waals surface area contributed by atoms with Crippen LogP contribution in [0.4, 0.5) is 0 Å². The molecule has 2 rings (SSSR count). The lowest BCUT2D eigenvalue weighted by molar-refractivity contribution is 1.18. The molecular weight excluding hydrogens is 270 g/mol. The molecule has 94 valence electrons. The van der Waals surface area contributed by atoms with Gasteiger partial charge in [0, 0.05) is 11.5 Å². The van der Waals surface area contributed by atoms with E-state index in [1.165, 1.54) is 26.6 Å². The van der Waals surface area contributed by atoms with Crippen molar-refractivity contribution in [2.75, 3.05) is 12.3 Å². The number of aryl methyl sites for hydroxylation is 3. The summed E-state index contributed by atoms with van der Waals surface area (Å²) < 4.78 is 1.26. The predicted molar refractivity (Wildman–Crippen MR) is 84.0 cm³/mol. The maximum atomic E-state index is 4.47. The van der Waals surface area contributed by atoms with E-state index in [0.717, 1.165) is 18.1 Å². The minimum Gasteiger partial charge on any atom is -0.271 e. The molecule has 0 atom stereocenters. The fourth-order valence-corrected chi connectivity index (χ4v) is 4.18. The van der Waals surface area contributed by atoms with Crippen LogP contribution < -0.4 is 0 Å². The molecule has 0 amide bonds. The van der Waals surface area contributed by atoms with Crippen LogP contribution in [-0.4, -0.2) is 16.7 Å². The van der Waals surface area contributed by atoms with Gasteiger partial charge >= 0.3 is 0 Å². The van der Waals surface area contributed by atoms with Gasteiger partial charge in [-0.2, -0.15) is 0 Å². The molecule has 0 saturated heterocycles. The molecule has 17 heavy (non-hydrogen) atoms. The molecule has 0 fully saturated rings. The van der Waals surface area contributed by atoms with Crippen molar-refractivity contribution in [3.63, 3.8) is 0 Å². The Labute approximate surface area is 118 Å². The molecule has 0 radical (unpaired) electrons. The number of halogens is 1. The van der Waals surface area contributed by atoms with E-state index >= 15 is 0 Å². The van der Waals surface area contributed by atoms with Crippen molar-refractivity contribution < 1.29 is 0 Å². The molecule has 0 bridgehead atoms. The van der Waals surface area contributed by atoms with Crippen LogP contribution in [0.1, 0.15) is 22.3 Å². The zero-order valence-corrected chi connectivity index (χ0v) is 12.9. The van der Waals surface area contributed by atoms with Gasteiger partial charge in [-0.05, 0) is 37.5 Å². The van der Waals surface area contributed by atoms with E-state index in [1.54, 1.807) is 0 Å². The molecule has 1 aromatic carbocycles. The van der Waals surface area contributed by atoms with Crippen molar-refractivity contribution in [3.05, 3.63) is 34.4 Å². The number of benzene rings is 1. The summed E-state index contributed by atoms with van der Waals surface area (Å²) in [6.45, 7) is 7.58. The third-order valence-electron chi connectivity index (χ3n) is 2.74. The third-order valence-corrected chi connectivity index (χ3v) is 5.02. The van der Waals surface area contributed by atoms with Gasteiger partial charge in [-0.1, -0.05) is 41.2 Å². The van der Waals surface area contributed by atoms with Crippen molar-refractivity contribution in [1.82, 2.24) is 0 Å². The van der Waals surface area contributed by atoms with Crippen molar-refractivity contribution in [2.45, 2.75) is 26.5 Å². The topological polar surface area (TPSA) is 12.4 Å². The Morgan fingerprint density at radius 3 is 2.41 bits per heavy atom. The average Bonchev–Trinajstić information content (AvgIpc) is 2.68.